The van der Waals surface area contributed by atoms with Crippen LogP contribution in [0.4, 0.5) is 0 Å². The summed E-state index contributed by atoms with van der Waals surface area (Å²) in [6.45, 7) is 13.3. The van der Waals surface area contributed by atoms with Crippen molar-refractivity contribution in [2.24, 2.45) is 0 Å². The maximum absolute atomic E-state index is 5.69. The zero-order chi connectivity index (χ0) is 11.8. The summed E-state index contributed by atoms with van der Waals surface area (Å²) in [5.41, 5.74) is 0.476. The van der Waals surface area contributed by atoms with Crippen LogP contribution in [0.5, 0.6) is 0 Å². The van der Waals surface area contributed by atoms with E-state index in [1.165, 1.54) is 12.8 Å². The lowest BCUT2D eigenvalue weighted by Gasteiger charge is -2.53. The minimum atomic E-state index is 0.229. The third-order valence-electron chi connectivity index (χ3n) is 4.08. The van der Waals surface area contributed by atoms with Crippen LogP contribution < -0.4 is 5.32 Å². The highest BCUT2D eigenvalue weighted by Gasteiger charge is 2.41. The molecule has 1 N–H and O–H groups in total. The molecule has 0 saturated carbocycles. The smallest absolute Gasteiger partial charge is 0.0647 e. The fourth-order valence-electron chi connectivity index (χ4n) is 3.04. The molecule has 0 spiro atoms. The number of piperazine rings is 1. The molecule has 3 heteroatoms. The monoisotopic (exact) mass is 226 g/mol. The summed E-state index contributed by atoms with van der Waals surface area (Å²) in [5, 5.41) is 3.61. The van der Waals surface area contributed by atoms with Gasteiger partial charge in [0.1, 0.15) is 0 Å². The summed E-state index contributed by atoms with van der Waals surface area (Å²) >= 11 is 0. The predicted octanol–water partition coefficient (Wildman–Crippen LogP) is 1.63. The summed E-state index contributed by atoms with van der Waals surface area (Å²) in [7, 11) is 0. The van der Waals surface area contributed by atoms with Crippen molar-refractivity contribution in [3.63, 3.8) is 0 Å². The molecule has 0 bridgehead atoms. The molecule has 2 heterocycles. The number of rotatable bonds is 1. The van der Waals surface area contributed by atoms with Gasteiger partial charge in [0.25, 0.3) is 0 Å². The quantitative estimate of drug-likeness (QED) is 0.735. The van der Waals surface area contributed by atoms with E-state index in [2.05, 4.69) is 37.9 Å². The Morgan fingerprint density at radius 1 is 1.31 bits per heavy atom. The molecule has 2 atom stereocenters. The third-order valence-corrected chi connectivity index (χ3v) is 4.08. The predicted molar refractivity (Wildman–Crippen MR) is 66.7 cm³/mol. The van der Waals surface area contributed by atoms with Crippen molar-refractivity contribution in [3.05, 3.63) is 0 Å². The number of hydrogen-bond donors (Lipinski definition) is 1. The molecule has 2 rings (SSSR count). The van der Waals surface area contributed by atoms with E-state index in [-0.39, 0.29) is 11.1 Å². The van der Waals surface area contributed by atoms with Gasteiger partial charge in [-0.3, -0.25) is 4.90 Å². The van der Waals surface area contributed by atoms with E-state index in [9.17, 15) is 0 Å². The van der Waals surface area contributed by atoms with Gasteiger partial charge in [-0.25, -0.2) is 0 Å². The first-order valence-corrected chi connectivity index (χ1v) is 6.53. The lowest BCUT2D eigenvalue weighted by molar-refractivity contribution is -0.0760. The molecule has 2 aliphatic heterocycles. The van der Waals surface area contributed by atoms with Crippen LogP contribution >= 0.6 is 0 Å². The van der Waals surface area contributed by atoms with Crippen molar-refractivity contribution >= 4 is 0 Å². The van der Waals surface area contributed by atoms with Crippen molar-refractivity contribution in [3.8, 4) is 0 Å². The number of nitrogens with zero attached hydrogens (tertiary/aromatic N) is 1. The van der Waals surface area contributed by atoms with Crippen LogP contribution in [0.1, 0.15) is 40.5 Å². The molecular formula is C13H26N2O. The van der Waals surface area contributed by atoms with Gasteiger partial charge in [-0.05, 0) is 40.5 Å². The van der Waals surface area contributed by atoms with Gasteiger partial charge in [0, 0.05) is 36.8 Å². The highest BCUT2D eigenvalue weighted by Crippen LogP contribution is 2.31. The fraction of sp³-hybridized carbons (Fsp3) is 1.00. The summed E-state index contributed by atoms with van der Waals surface area (Å²) in [4.78, 5) is 2.66. The first-order valence-electron chi connectivity index (χ1n) is 6.53. The molecular weight excluding hydrogens is 200 g/mol. The standard InChI is InChI=1S/C13H26N2O/c1-11-8-14-12(2,3)9-15(11)13(4)6-5-7-16-10-13/h11,14H,5-10H2,1-4H3. The van der Waals surface area contributed by atoms with E-state index in [0.29, 0.717) is 6.04 Å². The molecule has 94 valence electrons. The Kier molecular flexibility index (Phi) is 3.30. The first-order chi connectivity index (χ1) is 7.43. The van der Waals surface area contributed by atoms with Gasteiger partial charge in [-0.1, -0.05) is 0 Å². The molecule has 3 nitrogen and oxygen atoms in total. The highest BCUT2D eigenvalue weighted by molar-refractivity contribution is 4.99. The van der Waals surface area contributed by atoms with Gasteiger partial charge in [0.2, 0.25) is 0 Å². The van der Waals surface area contributed by atoms with Gasteiger partial charge in [-0.2, -0.15) is 0 Å². The SMILES string of the molecule is CC1CNC(C)(C)CN1C1(C)CCCOC1. The van der Waals surface area contributed by atoms with Gasteiger partial charge in [0.05, 0.1) is 6.61 Å². The number of hydrogen-bond acceptors (Lipinski definition) is 3. The molecule has 16 heavy (non-hydrogen) atoms. The average molecular weight is 226 g/mol. The van der Waals surface area contributed by atoms with Gasteiger partial charge >= 0.3 is 0 Å². The summed E-state index contributed by atoms with van der Waals surface area (Å²) in [5.74, 6) is 0. The Bertz CT molecular complexity index is 246. The van der Waals surface area contributed by atoms with E-state index in [1.807, 2.05) is 0 Å². The Morgan fingerprint density at radius 2 is 2.06 bits per heavy atom. The van der Waals surface area contributed by atoms with Crippen LogP contribution in [0.3, 0.4) is 0 Å². The maximum atomic E-state index is 5.69. The topological polar surface area (TPSA) is 24.5 Å². The normalized spacial score (nSPS) is 40.9. The largest absolute Gasteiger partial charge is 0.380 e. The Morgan fingerprint density at radius 3 is 2.69 bits per heavy atom. The van der Waals surface area contributed by atoms with Gasteiger partial charge in [-0.15, -0.1) is 0 Å². The molecule has 0 aromatic heterocycles. The molecule has 0 radical (unpaired) electrons. The van der Waals surface area contributed by atoms with Crippen LogP contribution in [-0.4, -0.2) is 48.3 Å². The van der Waals surface area contributed by atoms with Crippen molar-refractivity contribution in [2.45, 2.75) is 57.7 Å². The lowest BCUT2D eigenvalue weighted by Crippen LogP contribution is -2.67. The van der Waals surface area contributed by atoms with Crippen LogP contribution in [0.2, 0.25) is 0 Å². The molecule has 0 aromatic carbocycles. The van der Waals surface area contributed by atoms with E-state index in [1.54, 1.807) is 0 Å². The zero-order valence-corrected chi connectivity index (χ0v) is 11.2. The Hall–Kier alpha value is -0.120. The molecule has 2 unspecified atom stereocenters. The third kappa shape index (κ3) is 2.41. The van der Waals surface area contributed by atoms with E-state index in [4.69, 9.17) is 4.74 Å². The Balaban J connectivity index is 2.10. The summed E-state index contributed by atoms with van der Waals surface area (Å²) in [6.07, 6.45) is 2.47. The number of ether oxygens (including phenoxy) is 1. The zero-order valence-electron chi connectivity index (χ0n) is 11.2. The van der Waals surface area contributed by atoms with Crippen LogP contribution in [0.25, 0.3) is 0 Å². The van der Waals surface area contributed by atoms with Crippen molar-refractivity contribution in [2.75, 3.05) is 26.3 Å². The molecule has 0 amide bonds. The Labute approximate surface area is 99.5 Å². The van der Waals surface area contributed by atoms with E-state index >= 15 is 0 Å². The van der Waals surface area contributed by atoms with E-state index in [0.717, 1.165) is 26.3 Å². The van der Waals surface area contributed by atoms with Gasteiger partial charge in [0.15, 0.2) is 0 Å². The van der Waals surface area contributed by atoms with Crippen LogP contribution in [0.15, 0.2) is 0 Å². The van der Waals surface area contributed by atoms with Crippen molar-refractivity contribution in [1.82, 2.24) is 10.2 Å². The molecule has 2 aliphatic rings. The summed E-state index contributed by atoms with van der Waals surface area (Å²) in [6, 6.07) is 0.611. The number of nitrogens with one attached hydrogen (secondary N) is 1. The molecule has 0 aliphatic carbocycles. The molecule has 2 saturated heterocycles. The van der Waals surface area contributed by atoms with Gasteiger partial charge < -0.3 is 10.1 Å². The highest BCUT2D eigenvalue weighted by atomic mass is 16.5. The van der Waals surface area contributed by atoms with Crippen LogP contribution in [-0.2, 0) is 4.74 Å². The average Bonchev–Trinajstić information content (AvgIpc) is 2.23. The second kappa shape index (κ2) is 4.28. The summed E-state index contributed by atoms with van der Waals surface area (Å²) < 4.78 is 5.69. The van der Waals surface area contributed by atoms with Crippen molar-refractivity contribution in [1.29, 1.82) is 0 Å². The first kappa shape index (κ1) is 12.3. The maximum Gasteiger partial charge on any atom is 0.0647 e. The second-order valence-electron chi connectivity index (χ2n) is 6.39. The fourth-order valence-corrected chi connectivity index (χ4v) is 3.04. The van der Waals surface area contributed by atoms with Crippen LogP contribution in [0, 0.1) is 0 Å². The lowest BCUT2D eigenvalue weighted by atomic mass is 9.87. The molecule has 0 aromatic rings. The van der Waals surface area contributed by atoms with E-state index < -0.39 is 0 Å². The van der Waals surface area contributed by atoms with Crippen molar-refractivity contribution < 1.29 is 4.74 Å². The minimum absolute atomic E-state index is 0.229. The minimum Gasteiger partial charge on any atom is -0.380 e. The second-order valence-corrected chi connectivity index (χ2v) is 6.39. The molecule has 2 fully saturated rings.